The van der Waals surface area contributed by atoms with Gasteiger partial charge in [-0.15, -0.1) is 0 Å². The number of aromatic nitrogens is 1. The van der Waals surface area contributed by atoms with Gasteiger partial charge in [-0.05, 0) is 30.4 Å². The number of nitrogens with zero attached hydrogens (tertiary/aromatic N) is 1. The van der Waals surface area contributed by atoms with Crippen LogP contribution in [0.3, 0.4) is 0 Å². The first kappa shape index (κ1) is 14.0. The number of rotatable bonds is 3. The maximum atomic E-state index is 12.5. The number of hydrogen-bond acceptors (Lipinski definition) is 3. The Morgan fingerprint density at radius 2 is 1.90 bits per heavy atom. The predicted molar refractivity (Wildman–Crippen MR) is 87.1 cm³/mol. The fraction of sp³-hybridized carbons (Fsp3) is 0.467. The lowest BCUT2D eigenvalue weighted by molar-refractivity contribution is 0.286. The second-order valence-corrected chi connectivity index (χ2v) is 7.15. The molecule has 1 fully saturated rings. The molecule has 0 bridgehead atoms. The summed E-state index contributed by atoms with van der Waals surface area (Å²) in [5, 5.41) is 1.50. The minimum Gasteiger partial charge on any atom is -0.269 e. The minimum absolute atomic E-state index is 0.0676. The van der Waals surface area contributed by atoms with Crippen molar-refractivity contribution in [2.75, 3.05) is 5.33 Å². The normalized spacial score (nSPS) is 17.6. The highest BCUT2D eigenvalue weighted by molar-refractivity contribution is 9.09. The largest absolute Gasteiger partial charge is 0.310 e. The molecule has 20 heavy (non-hydrogen) atoms. The molecule has 0 N–H and O–H groups in total. The molecule has 106 valence electrons. The zero-order chi connectivity index (χ0) is 14.2. The van der Waals surface area contributed by atoms with Gasteiger partial charge in [-0.1, -0.05) is 52.2 Å². The van der Waals surface area contributed by atoms with Gasteiger partial charge in [-0.25, -0.2) is 0 Å². The maximum absolute atomic E-state index is 12.5. The standard InChI is InChI=1S/C15H16BrNO2S/c16-9-15(7-3-4-8-15)10-17-13(18)11-5-1-2-6-12(11)20-14(17)19/h1-2,5-6H,3-4,7-10H2. The third-order valence-corrected chi connectivity index (χ3v) is 6.38. The van der Waals surface area contributed by atoms with Crippen LogP contribution in [0, 0.1) is 5.41 Å². The van der Waals surface area contributed by atoms with E-state index in [1.54, 1.807) is 6.07 Å². The fourth-order valence-corrected chi connectivity index (χ4v) is 4.64. The molecule has 0 spiro atoms. The summed E-state index contributed by atoms with van der Waals surface area (Å²) in [6, 6.07) is 7.35. The first-order valence-corrected chi connectivity index (χ1v) is 8.78. The molecule has 0 unspecified atom stereocenters. The van der Waals surface area contributed by atoms with E-state index in [1.807, 2.05) is 18.2 Å². The van der Waals surface area contributed by atoms with Crippen molar-refractivity contribution < 1.29 is 0 Å². The third-order valence-electron chi connectivity index (χ3n) is 4.22. The van der Waals surface area contributed by atoms with E-state index in [9.17, 15) is 9.59 Å². The molecule has 5 heteroatoms. The van der Waals surface area contributed by atoms with Gasteiger partial charge in [0, 0.05) is 16.6 Å². The maximum Gasteiger partial charge on any atom is 0.310 e. The van der Waals surface area contributed by atoms with E-state index in [-0.39, 0.29) is 15.8 Å². The molecule has 1 aromatic carbocycles. The average molecular weight is 354 g/mol. The van der Waals surface area contributed by atoms with Crippen molar-refractivity contribution in [2.45, 2.75) is 32.2 Å². The lowest BCUT2D eigenvalue weighted by Gasteiger charge is -2.26. The van der Waals surface area contributed by atoms with Crippen molar-refractivity contribution in [2.24, 2.45) is 5.41 Å². The van der Waals surface area contributed by atoms with Gasteiger partial charge >= 0.3 is 4.87 Å². The Kier molecular flexibility index (Phi) is 3.82. The van der Waals surface area contributed by atoms with E-state index in [0.717, 1.165) is 22.9 Å². The monoisotopic (exact) mass is 353 g/mol. The molecule has 1 heterocycles. The van der Waals surface area contributed by atoms with Gasteiger partial charge in [0.1, 0.15) is 0 Å². The number of hydrogen-bond donors (Lipinski definition) is 0. The number of benzene rings is 1. The summed E-state index contributed by atoms with van der Waals surface area (Å²) in [5.74, 6) is 0. The molecule has 0 aliphatic heterocycles. The summed E-state index contributed by atoms with van der Waals surface area (Å²) < 4.78 is 2.22. The SMILES string of the molecule is O=c1sc2ccccc2c(=O)n1CC1(CBr)CCCC1. The Morgan fingerprint density at radius 3 is 2.60 bits per heavy atom. The van der Waals surface area contributed by atoms with Crippen LogP contribution in [0.2, 0.25) is 0 Å². The number of halogens is 1. The topological polar surface area (TPSA) is 39.1 Å². The molecule has 3 rings (SSSR count). The second-order valence-electron chi connectivity index (χ2n) is 5.60. The lowest BCUT2D eigenvalue weighted by atomic mass is 9.89. The summed E-state index contributed by atoms with van der Waals surface area (Å²) in [4.78, 5) is 24.7. The van der Waals surface area contributed by atoms with Gasteiger partial charge in [-0.3, -0.25) is 14.2 Å². The molecule has 0 saturated heterocycles. The molecule has 0 amide bonds. The van der Waals surface area contributed by atoms with Crippen molar-refractivity contribution >= 4 is 37.4 Å². The molecule has 0 radical (unpaired) electrons. The summed E-state index contributed by atoms with van der Waals surface area (Å²) in [5.41, 5.74) is -0.0744. The van der Waals surface area contributed by atoms with Crippen molar-refractivity contribution in [3.8, 4) is 0 Å². The predicted octanol–water partition coefficient (Wildman–Crippen LogP) is 3.38. The highest BCUT2D eigenvalue weighted by Gasteiger charge is 2.34. The van der Waals surface area contributed by atoms with Crippen molar-refractivity contribution in [1.29, 1.82) is 0 Å². The molecular formula is C15H16BrNO2S. The number of fused-ring (bicyclic) bond motifs is 1. The highest BCUT2D eigenvalue weighted by Crippen LogP contribution is 2.40. The van der Waals surface area contributed by atoms with E-state index in [0.29, 0.717) is 11.9 Å². The summed E-state index contributed by atoms with van der Waals surface area (Å²) >= 11 is 4.74. The minimum atomic E-state index is -0.142. The Hall–Kier alpha value is -0.940. The summed E-state index contributed by atoms with van der Waals surface area (Å²) in [7, 11) is 0. The van der Waals surface area contributed by atoms with Crippen molar-refractivity contribution in [1.82, 2.24) is 4.57 Å². The van der Waals surface area contributed by atoms with Crippen LogP contribution in [0.1, 0.15) is 25.7 Å². The van der Waals surface area contributed by atoms with Crippen LogP contribution in [-0.2, 0) is 6.54 Å². The van der Waals surface area contributed by atoms with Crippen LogP contribution in [0.25, 0.3) is 10.1 Å². The third kappa shape index (κ3) is 2.37. The Labute approximate surface area is 129 Å². The smallest absolute Gasteiger partial charge is 0.269 e. The van der Waals surface area contributed by atoms with Crippen LogP contribution < -0.4 is 10.4 Å². The fourth-order valence-electron chi connectivity index (χ4n) is 3.04. The molecule has 2 aromatic rings. The molecule has 1 aliphatic carbocycles. The molecule has 1 aromatic heterocycles. The molecule has 1 saturated carbocycles. The molecule has 1 aliphatic rings. The van der Waals surface area contributed by atoms with E-state index in [1.165, 1.54) is 28.7 Å². The van der Waals surface area contributed by atoms with Crippen LogP contribution in [0.15, 0.2) is 33.9 Å². The average Bonchev–Trinajstić information content (AvgIpc) is 2.93. The first-order valence-electron chi connectivity index (χ1n) is 6.84. The van der Waals surface area contributed by atoms with Gasteiger partial charge in [0.25, 0.3) is 5.56 Å². The zero-order valence-corrected chi connectivity index (χ0v) is 13.5. The van der Waals surface area contributed by atoms with E-state index in [2.05, 4.69) is 15.9 Å². The number of alkyl halides is 1. The van der Waals surface area contributed by atoms with Gasteiger partial charge in [0.15, 0.2) is 0 Å². The highest BCUT2D eigenvalue weighted by atomic mass is 79.9. The summed E-state index contributed by atoms with van der Waals surface area (Å²) in [6.07, 6.45) is 4.54. The zero-order valence-electron chi connectivity index (χ0n) is 11.1. The Balaban J connectivity index is 2.12. The van der Waals surface area contributed by atoms with Crippen LogP contribution >= 0.6 is 27.3 Å². The van der Waals surface area contributed by atoms with Crippen molar-refractivity contribution in [3.63, 3.8) is 0 Å². The van der Waals surface area contributed by atoms with Gasteiger partial charge < -0.3 is 0 Å². The van der Waals surface area contributed by atoms with Crippen LogP contribution in [0.4, 0.5) is 0 Å². The van der Waals surface area contributed by atoms with E-state index >= 15 is 0 Å². The molecular weight excluding hydrogens is 338 g/mol. The summed E-state index contributed by atoms with van der Waals surface area (Å²) in [6.45, 7) is 0.539. The van der Waals surface area contributed by atoms with Crippen LogP contribution in [-0.4, -0.2) is 9.90 Å². The second kappa shape index (κ2) is 5.45. The molecule has 3 nitrogen and oxygen atoms in total. The quantitative estimate of drug-likeness (QED) is 0.793. The van der Waals surface area contributed by atoms with E-state index in [4.69, 9.17) is 0 Å². The Morgan fingerprint density at radius 1 is 1.20 bits per heavy atom. The van der Waals surface area contributed by atoms with Gasteiger partial charge in [0.2, 0.25) is 0 Å². The van der Waals surface area contributed by atoms with Crippen molar-refractivity contribution in [3.05, 3.63) is 44.3 Å². The lowest BCUT2D eigenvalue weighted by Crippen LogP contribution is -2.38. The molecule has 0 atom stereocenters. The van der Waals surface area contributed by atoms with E-state index < -0.39 is 0 Å². The van der Waals surface area contributed by atoms with Gasteiger partial charge in [-0.2, -0.15) is 0 Å². The Bertz CT molecular complexity index is 743. The van der Waals surface area contributed by atoms with Crippen LogP contribution in [0.5, 0.6) is 0 Å². The van der Waals surface area contributed by atoms with Gasteiger partial charge in [0.05, 0.1) is 5.39 Å². The first-order chi connectivity index (χ1) is 9.65.